The average Bonchev–Trinajstić information content (AvgIpc) is 3.00. The molecule has 0 saturated heterocycles. The van der Waals surface area contributed by atoms with Crippen molar-refractivity contribution in [2.24, 2.45) is 0 Å². The van der Waals surface area contributed by atoms with E-state index in [1.165, 1.54) is 15.0 Å². The van der Waals surface area contributed by atoms with Crippen LogP contribution in [0.1, 0.15) is 27.9 Å². The minimum absolute atomic E-state index is 0.158. The van der Waals surface area contributed by atoms with Gasteiger partial charge < -0.3 is 0 Å². The maximum absolute atomic E-state index is 12.2. The zero-order chi connectivity index (χ0) is 13.2. The number of pyridine rings is 1. The lowest BCUT2D eigenvalue weighted by Gasteiger charge is -2.00. The Kier molecular flexibility index (Phi) is 3.44. The second kappa shape index (κ2) is 5.23. The number of hydrogen-bond acceptors (Lipinski definition) is 4. The summed E-state index contributed by atoms with van der Waals surface area (Å²) >= 11 is 3.25. The van der Waals surface area contributed by atoms with E-state index in [-0.39, 0.29) is 5.78 Å². The summed E-state index contributed by atoms with van der Waals surface area (Å²) in [6.07, 6.45) is 3.22. The van der Waals surface area contributed by atoms with Crippen molar-refractivity contribution in [1.29, 1.82) is 0 Å². The highest BCUT2D eigenvalue weighted by Gasteiger charge is 2.12. The van der Waals surface area contributed by atoms with Crippen LogP contribution in [0, 0.1) is 0 Å². The summed E-state index contributed by atoms with van der Waals surface area (Å²) in [7, 11) is 0. The number of ketones is 1. The molecule has 0 aliphatic carbocycles. The van der Waals surface area contributed by atoms with Gasteiger partial charge in [0.2, 0.25) is 0 Å². The molecule has 0 atom stereocenters. The van der Waals surface area contributed by atoms with Crippen molar-refractivity contribution in [3.05, 3.63) is 52.0 Å². The average molecular weight is 287 g/mol. The summed E-state index contributed by atoms with van der Waals surface area (Å²) in [5, 5.41) is 2.06. The largest absolute Gasteiger partial charge is 0.293 e. The van der Waals surface area contributed by atoms with E-state index in [9.17, 15) is 4.79 Å². The van der Waals surface area contributed by atoms with Crippen LogP contribution in [0.4, 0.5) is 0 Å². The maximum Gasteiger partial charge on any atom is 0.178 e. The number of rotatable bonds is 4. The molecule has 3 aromatic rings. The Morgan fingerprint density at radius 2 is 2.16 bits per heavy atom. The highest BCUT2D eigenvalue weighted by molar-refractivity contribution is 7.27. The zero-order valence-electron chi connectivity index (χ0n) is 10.6. The van der Waals surface area contributed by atoms with Gasteiger partial charge in [0.15, 0.2) is 5.78 Å². The molecule has 4 heteroatoms. The lowest BCUT2D eigenvalue weighted by atomic mass is 10.1. The first kappa shape index (κ1) is 12.5. The number of Topliss-reactive ketones (excluding diaryl/α,β-unsaturated/α-hetero) is 1. The molecule has 0 aromatic carbocycles. The van der Waals surface area contributed by atoms with Crippen LogP contribution >= 0.6 is 22.7 Å². The molecule has 19 heavy (non-hydrogen) atoms. The molecular formula is C15H13NOS2. The molecule has 3 aromatic heterocycles. The normalized spacial score (nSPS) is 11.0. The monoisotopic (exact) mass is 287 g/mol. The topological polar surface area (TPSA) is 30.0 Å². The molecule has 0 unspecified atom stereocenters. The van der Waals surface area contributed by atoms with Crippen LogP contribution in [-0.2, 0) is 12.8 Å². The van der Waals surface area contributed by atoms with Crippen LogP contribution in [0.15, 0.2) is 35.8 Å². The molecule has 0 radical (unpaired) electrons. The standard InChI is InChI=1S/C15H13NOS2/c1-2-10-3-4-11(16-9-10)7-12(17)14-8-15-13(19-14)5-6-18-15/h3-6,8-9H,2,7H2,1H3. The van der Waals surface area contributed by atoms with E-state index in [2.05, 4.69) is 23.4 Å². The number of thiophene rings is 2. The molecule has 3 rings (SSSR count). The van der Waals surface area contributed by atoms with Crippen LogP contribution in [0.3, 0.4) is 0 Å². The van der Waals surface area contributed by atoms with Crippen molar-refractivity contribution in [1.82, 2.24) is 4.98 Å². The molecule has 0 spiro atoms. The maximum atomic E-state index is 12.2. The zero-order valence-corrected chi connectivity index (χ0v) is 12.2. The van der Waals surface area contributed by atoms with E-state index in [4.69, 9.17) is 0 Å². The summed E-state index contributed by atoms with van der Waals surface area (Å²) < 4.78 is 2.39. The first-order valence-corrected chi connectivity index (χ1v) is 7.90. The molecule has 0 aliphatic heterocycles. The van der Waals surface area contributed by atoms with Gasteiger partial charge in [-0.15, -0.1) is 22.7 Å². The number of hydrogen-bond donors (Lipinski definition) is 0. The third kappa shape index (κ3) is 2.60. The summed E-state index contributed by atoms with van der Waals surface area (Å²) in [6, 6.07) is 8.05. The van der Waals surface area contributed by atoms with Crippen molar-refractivity contribution in [3.8, 4) is 0 Å². The molecule has 0 bridgehead atoms. The minimum atomic E-state index is 0.158. The second-order valence-electron chi connectivity index (χ2n) is 4.37. The fraction of sp³-hybridized carbons (Fsp3) is 0.200. The highest BCUT2D eigenvalue weighted by atomic mass is 32.1. The lowest BCUT2D eigenvalue weighted by Crippen LogP contribution is -2.03. The first-order valence-electron chi connectivity index (χ1n) is 6.20. The fourth-order valence-corrected chi connectivity index (χ4v) is 3.97. The molecule has 0 amide bonds. The van der Waals surface area contributed by atoms with Gasteiger partial charge in [0.1, 0.15) is 0 Å². The smallest absolute Gasteiger partial charge is 0.178 e. The van der Waals surface area contributed by atoms with E-state index in [0.717, 1.165) is 17.0 Å². The van der Waals surface area contributed by atoms with E-state index in [1.54, 1.807) is 22.7 Å². The van der Waals surface area contributed by atoms with Gasteiger partial charge in [-0.05, 0) is 35.6 Å². The van der Waals surface area contributed by atoms with Crippen molar-refractivity contribution in [2.75, 3.05) is 0 Å². The summed E-state index contributed by atoms with van der Waals surface area (Å²) in [4.78, 5) is 17.4. The van der Waals surface area contributed by atoms with Gasteiger partial charge in [-0.25, -0.2) is 0 Å². The van der Waals surface area contributed by atoms with Crippen LogP contribution in [0.2, 0.25) is 0 Å². The molecule has 0 fully saturated rings. The van der Waals surface area contributed by atoms with Crippen molar-refractivity contribution in [2.45, 2.75) is 19.8 Å². The number of nitrogens with zero attached hydrogens (tertiary/aromatic N) is 1. The Hall–Kier alpha value is -1.52. The van der Waals surface area contributed by atoms with E-state index in [1.807, 2.05) is 24.4 Å². The van der Waals surface area contributed by atoms with Crippen LogP contribution in [-0.4, -0.2) is 10.8 Å². The molecule has 0 aliphatic rings. The Morgan fingerprint density at radius 1 is 1.26 bits per heavy atom. The SMILES string of the molecule is CCc1ccc(CC(=O)c2cc3sccc3s2)nc1. The van der Waals surface area contributed by atoms with E-state index in [0.29, 0.717) is 6.42 Å². The molecule has 0 saturated carbocycles. The Bertz CT molecular complexity index is 681. The first-order chi connectivity index (χ1) is 9.26. The van der Waals surface area contributed by atoms with Gasteiger partial charge in [0.05, 0.1) is 11.3 Å². The van der Waals surface area contributed by atoms with Gasteiger partial charge in [-0.3, -0.25) is 9.78 Å². The summed E-state index contributed by atoms with van der Waals surface area (Å²) in [5.74, 6) is 0.158. The van der Waals surface area contributed by atoms with Crippen molar-refractivity contribution >= 4 is 37.9 Å². The third-order valence-electron chi connectivity index (χ3n) is 3.05. The predicted molar refractivity (Wildman–Crippen MR) is 81.4 cm³/mol. The second-order valence-corrected chi connectivity index (χ2v) is 6.40. The van der Waals surface area contributed by atoms with Gasteiger partial charge in [-0.1, -0.05) is 13.0 Å². The molecule has 0 N–H and O–H groups in total. The van der Waals surface area contributed by atoms with E-state index < -0.39 is 0 Å². The number of aromatic nitrogens is 1. The molecule has 96 valence electrons. The number of carbonyl (C=O) groups excluding carboxylic acids is 1. The van der Waals surface area contributed by atoms with Crippen LogP contribution in [0.25, 0.3) is 9.40 Å². The van der Waals surface area contributed by atoms with Crippen LogP contribution < -0.4 is 0 Å². The highest BCUT2D eigenvalue weighted by Crippen LogP contribution is 2.30. The quantitative estimate of drug-likeness (QED) is 0.668. The van der Waals surface area contributed by atoms with Crippen molar-refractivity contribution < 1.29 is 4.79 Å². The molecule has 2 nitrogen and oxygen atoms in total. The number of carbonyl (C=O) groups is 1. The Balaban J connectivity index is 1.78. The van der Waals surface area contributed by atoms with Gasteiger partial charge in [-0.2, -0.15) is 0 Å². The van der Waals surface area contributed by atoms with Gasteiger partial charge in [0.25, 0.3) is 0 Å². The third-order valence-corrected chi connectivity index (χ3v) is 5.18. The van der Waals surface area contributed by atoms with Crippen LogP contribution in [0.5, 0.6) is 0 Å². The van der Waals surface area contributed by atoms with Gasteiger partial charge >= 0.3 is 0 Å². The van der Waals surface area contributed by atoms with E-state index >= 15 is 0 Å². The van der Waals surface area contributed by atoms with Gasteiger partial charge in [0, 0.05) is 21.3 Å². The Morgan fingerprint density at radius 3 is 2.84 bits per heavy atom. The van der Waals surface area contributed by atoms with Crippen molar-refractivity contribution in [3.63, 3.8) is 0 Å². The Labute approximate surface area is 119 Å². The summed E-state index contributed by atoms with van der Waals surface area (Å²) in [6.45, 7) is 2.10. The predicted octanol–water partition coefficient (Wildman–Crippen LogP) is 4.35. The molecule has 3 heterocycles. The number of fused-ring (bicyclic) bond motifs is 1. The molecular weight excluding hydrogens is 274 g/mol. The summed E-state index contributed by atoms with van der Waals surface area (Å²) in [5.41, 5.74) is 2.05. The minimum Gasteiger partial charge on any atom is -0.293 e. The lowest BCUT2D eigenvalue weighted by molar-refractivity contribution is 0.0996. The fourth-order valence-electron chi connectivity index (χ4n) is 1.92. The number of aryl methyl sites for hydroxylation is 1.